The van der Waals surface area contributed by atoms with Crippen molar-refractivity contribution in [1.82, 2.24) is 24.1 Å². The topological polar surface area (TPSA) is 111 Å². The Hall–Kier alpha value is -4.21. The van der Waals surface area contributed by atoms with E-state index in [4.69, 9.17) is 0 Å². The van der Waals surface area contributed by atoms with E-state index in [9.17, 15) is 19.2 Å². The number of nitrogens with one attached hydrogen (secondary N) is 1. The molecular formula is C25H28N6O4. The first-order valence-corrected chi connectivity index (χ1v) is 11.5. The maximum atomic E-state index is 13.4. The molecule has 0 aliphatic rings. The highest BCUT2D eigenvalue weighted by Crippen LogP contribution is 2.15. The number of anilines is 1. The van der Waals surface area contributed by atoms with E-state index in [0.29, 0.717) is 29.6 Å². The number of aryl methyl sites for hydroxylation is 1. The van der Waals surface area contributed by atoms with Gasteiger partial charge in [-0.1, -0.05) is 25.1 Å². The van der Waals surface area contributed by atoms with Crippen molar-refractivity contribution in [3.63, 3.8) is 0 Å². The largest absolute Gasteiger partial charge is 0.352 e. The fourth-order valence-corrected chi connectivity index (χ4v) is 3.96. The smallest absolute Gasteiger partial charge is 0.350 e. The molecule has 4 rings (SSSR count). The van der Waals surface area contributed by atoms with Gasteiger partial charge < -0.3 is 10.2 Å². The van der Waals surface area contributed by atoms with E-state index in [1.54, 1.807) is 31.3 Å². The number of carbonyl (C=O) groups is 2. The minimum absolute atomic E-state index is 0.0751. The van der Waals surface area contributed by atoms with E-state index in [0.717, 1.165) is 4.68 Å². The molecule has 0 radical (unpaired) electrons. The highest BCUT2D eigenvalue weighted by Gasteiger charge is 2.21. The zero-order valence-electron chi connectivity index (χ0n) is 20.2. The van der Waals surface area contributed by atoms with Crippen LogP contribution in [0.5, 0.6) is 0 Å². The van der Waals surface area contributed by atoms with E-state index in [1.807, 2.05) is 39.0 Å². The second kappa shape index (κ2) is 9.57. The lowest BCUT2D eigenvalue weighted by molar-refractivity contribution is -0.119. The first kappa shape index (κ1) is 23.9. The molecule has 10 nitrogen and oxygen atoms in total. The van der Waals surface area contributed by atoms with Gasteiger partial charge in [0.1, 0.15) is 6.54 Å². The summed E-state index contributed by atoms with van der Waals surface area (Å²) in [4.78, 5) is 53.6. The molecule has 35 heavy (non-hydrogen) atoms. The summed E-state index contributed by atoms with van der Waals surface area (Å²) in [6.07, 6.45) is 0.646. The Morgan fingerprint density at radius 3 is 2.46 bits per heavy atom. The third kappa shape index (κ3) is 4.46. The van der Waals surface area contributed by atoms with E-state index >= 15 is 0 Å². The molecule has 10 heteroatoms. The number of hydrogen-bond donors (Lipinski definition) is 1. The van der Waals surface area contributed by atoms with Gasteiger partial charge in [0, 0.05) is 30.9 Å². The predicted octanol–water partition coefficient (Wildman–Crippen LogP) is 2.02. The number of fused-ring (bicyclic) bond motifs is 3. The predicted molar refractivity (Wildman–Crippen MR) is 134 cm³/mol. The second-order valence-corrected chi connectivity index (χ2v) is 8.68. The number of benzene rings is 2. The van der Waals surface area contributed by atoms with Crippen molar-refractivity contribution in [2.45, 2.75) is 46.3 Å². The Bertz CT molecular complexity index is 1530. The maximum Gasteiger partial charge on any atom is 0.352 e. The van der Waals surface area contributed by atoms with Crippen LogP contribution < -0.4 is 21.5 Å². The van der Waals surface area contributed by atoms with Crippen molar-refractivity contribution in [3.05, 3.63) is 74.9 Å². The monoisotopic (exact) mass is 476 g/mol. The molecule has 0 fully saturated rings. The van der Waals surface area contributed by atoms with Gasteiger partial charge in [0.15, 0.2) is 0 Å². The number of para-hydroxylation sites is 1. The van der Waals surface area contributed by atoms with Gasteiger partial charge >= 0.3 is 5.69 Å². The van der Waals surface area contributed by atoms with E-state index in [-0.39, 0.29) is 41.3 Å². The number of carbonyl (C=O) groups excluding carboxylic acids is 2. The minimum Gasteiger partial charge on any atom is -0.350 e. The minimum atomic E-state index is -0.564. The zero-order valence-corrected chi connectivity index (χ0v) is 20.2. The van der Waals surface area contributed by atoms with Crippen LogP contribution in [0.1, 0.15) is 37.6 Å². The summed E-state index contributed by atoms with van der Waals surface area (Å²) < 4.78 is 3.79. The van der Waals surface area contributed by atoms with Gasteiger partial charge in [-0.15, -0.1) is 5.10 Å². The molecule has 0 unspecified atom stereocenters. The van der Waals surface area contributed by atoms with Crippen LogP contribution in [-0.2, 0) is 17.9 Å². The summed E-state index contributed by atoms with van der Waals surface area (Å²) in [5.41, 5.74) is 0.401. The molecule has 0 spiro atoms. The molecule has 2 heterocycles. The molecule has 0 aliphatic carbocycles. The fraction of sp³-hybridized carbons (Fsp3) is 0.320. The molecule has 2 aromatic heterocycles. The van der Waals surface area contributed by atoms with Crippen LogP contribution in [0.4, 0.5) is 5.69 Å². The normalized spacial score (nSPS) is 11.3. The van der Waals surface area contributed by atoms with Crippen LogP contribution >= 0.6 is 0 Å². The molecule has 0 saturated carbocycles. The third-order valence-corrected chi connectivity index (χ3v) is 5.71. The average molecular weight is 477 g/mol. The van der Waals surface area contributed by atoms with Crippen LogP contribution in [0.2, 0.25) is 0 Å². The number of nitrogens with zero attached hydrogens (tertiary/aromatic N) is 5. The lowest BCUT2D eigenvalue weighted by Gasteiger charge is -2.16. The summed E-state index contributed by atoms with van der Waals surface area (Å²) in [6.45, 7) is 5.65. The Morgan fingerprint density at radius 2 is 1.80 bits per heavy atom. The first-order chi connectivity index (χ1) is 16.7. The molecule has 1 N–H and O–H groups in total. The van der Waals surface area contributed by atoms with Gasteiger partial charge in [0.2, 0.25) is 11.7 Å². The van der Waals surface area contributed by atoms with Crippen LogP contribution in [0, 0.1) is 0 Å². The molecular weight excluding hydrogens is 448 g/mol. The molecule has 2 aromatic carbocycles. The lowest BCUT2D eigenvalue weighted by atomic mass is 10.1. The molecule has 0 saturated heterocycles. The Kier molecular flexibility index (Phi) is 6.54. The van der Waals surface area contributed by atoms with Gasteiger partial charge in [-0.05, 0) is 50.6 Å². The SMILES string of the molecule is CCCn1c(=O)c2ccc(C(=O)NC(C)C)cc2n2c(=O)n(CC(=O)N(C)c3ccccc3)nc12. The summed E-state index contributed by atoms with van der Waals surface area (Å²) in [5.74, 6) is -0.522. The number of amides is 2. The number of rotatable bonds is 7. The average Bonchev–Trinajstić information content (AvgIpc) is 3.16. The summed E-state index contributed by atoms with van der Waals surface area (Å²) in [6, 6.07) is 13.6. The van der Waals surface area contributed by atoms with Crippen molar-refractivity contribution in [2.75, 3.05) is 11.9 Å². The summed E-state index contributed by atoms with van der Waals surface area (Å²) in [5, 5.41) is 7.47. The third-order valence-electron chi connectivity index (χ3n) is 5.71. The van der Waals surface area contributed by atoms with Crippen molar-refractivity contribution in [2.24, 2.45) is 0 Å². The van der Waals surface area contributed by atoms with Crippen molar-refractivity contribution >= 4 is 34.2 Å². The van der Waals surface area contributed by atoms with Gasteiger partial charge in [-0.25, -0.2) is 13.9 Å². The highest BCUT2D eigenvalue weighted by molar-refractivity contribution is 5.98. The van der Waals surface area contributed by atoms with E-state index in [2.05, 4.69) is 10.4 Å². The molecule has 4 aromatic rings. The van der Waals surface area contributed by atoms with Gasteiger partial charge in [-0.2, -0.15) is 0 Å². The van der Waals surface area contributed by atoms with E-state index in [1.165, 1.54) is 19.9 Å². The van der Waals surface area contributed by atoms with Gasteiger partial charge in [-0.3, -0.25) is 19.0 Å². The van der Waals surface area contributed by atoms with Crippen LogP contribution in [-0.4, -0.2) is 43.7 Å². The maximum absolute atomic E-state index is 13.4. The molecule has 0 aliphatic heterocycles. The van der Waals surface area contributed by atoms with E-state index < -0.39 is 5.69 Å². The number of aromatic nitrogens is 4. The number of likely N-dealkylation sites (N-methyl/N-ethyl adjacent to an activating group) is 1. The standard InChI is InChI=1S/C25H28N6O4/c1-5-13-29-23(34)19-12-11-17(22(33)26-16(2)3)14-20(19)31-24(29)27-30(25(31)35)15-21(32)28(4)18-9-7-6-8-10-18/h6-12,14,16H,5,13,15H2,1-4H3,(H,26,33). The van der Waals surface area contributed by atoms with Crippen molar-refractivity contribution in [1.29, 1.82) is 0 Å². The number of hydrogen-bond acceptors (Lipinski definition) is 5. The van der Waals surface area contributed by atoms with Crippen molar-refractivity contribution < 1.29 is 9.59 Å². The molecule has 2 amide bonds. The van der Waals surface area contributed by atoms with Crippen LogP contribution in [0.25, 0.3) is 16.7 Å². The Morgan fingerprint density at radius 1 is 1.09 bits per heavy atom. The Labute approximate surface area is 201 Å². The first-order valence-electron chi connectivity index (χ1n) is 11.5. The quantitative estimate of drug-likeness (QED) is 0.439. The Balaban J connectivity index is 1.87. The molecule has 0 atom stereocenters. The molecule has 0 bridgehead atoms. The summed E-state index contributed by atoms with van der Waals surface area (Å²) >= 11 is 0. The second-order valence-electron chi connectivity index (χ2n) is 8.68. The van der Waals surface area contributed by atoms with Gasteiger partial charge in [0.05, 0.1) is 10.9 Å². The summed E-state index contributed by atoms with van der Waals surface area (Å²) in [7, 11) is 1.63. The highest BCUT2D eigenvalue weighted by atomic mass is 16.2. The zero-order chi connectivity index (χ0) is 25.3. The fourth-order valence-electron chi connectivity index (χ4n) is 3.96. The lowest BCUT2D eigenvalue weighted by Crippen LogP contribution is -2.34. The van der Waals surface area contributed by atoms with Crippen LogP contribution in [0.3, 0.4) is 0 Å². The van der Waals surface area contributed by atoms with Crippen LogP contribution in [0.15, 0.2) is 58.1 Å². The molecule has 182 valence electrons. The van der Waals surface area contributed by atoms with Gasteiger partial charge in [0.25, 0.3) is 11.5 Å². The van der Waals surface area contributed by atoms with Crippen molar-refractivity contribution in [3.8, 4) is 0 Å².